The van der Waals surface area contributed by atoms with Crippen LogP contribution in [0, 0.1) is 13.8 Å². The summed E-state index contributed by atoms with van der Waals surface area (Å²) < 4.78 is 22.7. The van der Waals surface area contributed by atoms with Gasteiger partial charge in [0.15, 0.2) is 23.9 Å². The highest BCUT2D eigenvalue weighted by molar-refractivity contribution is 5.92. The number of hydrogen-bond donors (Lipinski definition) is 1. The monoisotopic (exact) mass is 459 g/mol. The molecule has 0 bridgehead atoms. The smallest absolute Gasteiger partial charge is 0.262 e. The van der Waals surface area contributed by atoms with Crippen molar-refractivity contribution in [1.29, 1.82) is 0 Å². The van der Waals surface area contributed by atoms with Gasteiger partial charge in [0.25, 0.3) is 5.91 Å². The van der Waals surface area contributed by atoms with Crippen LogP contribution in [0.1, 0.15) is 11.1 Å². The van der Waals surface area contributed by atoms with Crippen LogP contribution < -0.4 is 25.0 Å². The number of rotatable bonds is 7. The Labute approximate surface area is 196 Å². The zero-order valence-corrected chi connectivity index (χ0v) is 19.4. The molecule has 174 valence electrons. The number of methoxy groups -OCH3 is 2. The topological polar surface area (TPSA) is 87.0 Å². The van der Waals surface area contributed by atoms with E-state index in [2.05, 4.69) is 5.32 Å². The van der Waals surface area contributed by atoms with E-state index in [0.717, 1.165) is 11.1 Å². The third kappa shape index (κ3) is 4.59. The van der Waals surface area contributed by atoms with Gasteiger partial charge in [-0.3, -0.25) is 9.59 Å². The summed E-state index contributed by atoms with van der Waals surface area (Å²) >= 11 is 0. The number of ether oxygens (including phenoxy) is 3. The highest BCUT2D eigenvalue weighted by Crippen LogP contribution is 2.37. The normalized spacial score (nSPS) is 10.7. The second kappa shape index (κ2) is 9.70. The Morgan fingerprint density at radius 3 is 2.38 bits per heavy atom. The number of hydrogen-bond acceptors (Lipinski definition) is 6. The number of fused-ring (bicyclic) bond motifs is 1. The van der Waals surface area contributed by atoms with Crippen LogP contribution in [0.3, 0.4) is 0 Å². The molecule has 4 aromatic rings. The molecule has 0 atom stereocenters. The fraction of sp³-hybridized carbons (Fsp3) is 0.185. The van der Waals surface area contributed by atoms with Crippen molar-refractivity contribution in [2.45, 2.75) is 13.8 Å². The number of aryl methyl sites for hydroxylation is 2. The Hall–Kier alpha value is -4.26. The van der Waals surface area contributed by atoms with Gasteiger partial charge in [0.1, 0.15) is 5.58 Å². The van der Waals surface area contributed by atoms with Gasteiger partial charge in [-0.15, -0.1) is 0 Å². The Morgan fingerprint density at radius 1 is 0.941 bits per heavy atom. The summed E-state index contributed by atoms with van der Waals surface area (Å²) in [6.07, 6.45) is 0. The van der Waals surface area contributed by atoms with E-state index in [0.29, 0.717) is 33.7 Å². The van der Waals surface area contributed by atoms with Crippen LogP contribution in [0.5, 0.6) is 17.2 Å². The molecule has 0 unspecified atom stereocenters. The quantitative estimate of drug-likeness (QED) is 0.413. The van der Waals surface area contributed by atoms with Gasteiger partial charge in [0.05, 0.1) is 19.6 Å². The molecule has 1 N–H and O–H groups in total. The van der Waals surface area contributed by atoms with Crippen molar-refractivity contribution in [2.75, 3.05) is 26.1 Å². The predicted octanol–water partition coefficient (Wildman–Crippen LogP) is 5.11. The van der Waals surface area contributed by atoms with Crippen molar-refractivity contribution in [1.82, 2.24) is 0 Å². The first-order valence-corrected chi connectivity index (χ1v) is 10.7. The minimum Gasteiger partial charge on any atom is -0.493 e. The summed E-state index contributed by atoms with van der Waals surface area (Å²) in [6, 6.07) is 17.9. The molecule has 0 saturated carbocycles. The summed E-state index contributed by atoms with van der Waals surface area (Å²) in [6.45, 7) is 3.42. The first-order valence-electron chi connectivity index (χ1n) is 10.7. The Morgan fingerprint density at radius 2 is 1.68 bits per heavy atom. The minimum atomic E-state index is -0.399. The van der Waals surface area contributed by atoms with Gasteiger partial charge in [0, 0.05) is 11.3 Å². The van der Waals surface area contributed by atoms with Gasteiger partial charge in [0.2, 0.25) is 11.2 Å². The van der Waals surface area contributed by atoms with Crippen LogP contribution >= 0.6 is 0 Å². The van der Waals surface area contributed by atoms with Gasteiger partial charge >= 0.3 is 0 Å². The van der Waals surface area contributed by atoms with Gasteiger partial charge in [-0.2, -0.15) is 0 Å². The third-order valence-electron chi connectivity index (χ3n) is 5.33. The number of carbonyl (C=O) groups excluding carboxylic acids is 1. The van der Waals surface area contributed by atoms with E-state index >= 15 is 0 Å². The van der Waals surface area contributed by atoms with E-state index in [1.807, 2.05) is 38.1 Å². The van der Waals surface area contributed by atoms with Gasteiger partial charge in [-0.1, -0.05) is 24.3 Å². The number of anilines is 1. The van der Waals surface area contributed by atoms with E-state index in [-0.39, 0.29) is 23.5 Å². The average molecular weight is 459 g/mol. The van der Waals surface area contributed by atoms with E-state index in [9.17, 15) is 9.59 Å². The minimum absolute atomic E-state index is 0.0482. The van der Waals surface area contributed by atoms with Crippen LogP contribution in [-0.2, 0) is 4.79 Å². The second-order valence-electron chi connectivity index (χ2n) is 7.82. The molecule has 0 saturated heterocycles. The van der Waals surface area contributed by atoms with Crippen molar-refractivity contribution in [3.05, 3.63) is 82.0 Å². The largest absolute Gasteiger partial charge is 0.493 e. The molecule has 0 aliphatic carbocycles. The molecular weight excluding hydrogens is 434 g/mol. The molecule has 0 spiro atoms. The second-order valence-corrected chi connectivity index (χ2v) is 7.82. The summed E-state index contributed by atoms with van der Waals surface area (Å²) in [4.78, 5) is 26.0. The van der Waals surface area contributed by atoms with E-state index in [1.54, 1.807) is 43.5 Å². The number of benzene rings is 3. The number of nitrogens with one attached hydrogen (secondary N) is 1. The van der Waals surface area contributed by atoms with Crippen LogP contribution in [0.25, 0.3) is 22.3 Å². The van der Waals surface area contributed by atoms with E-state index < -0.39 is 5.91 Å². The van der Waals surface area contributed by atoms with E-state index in [4.69, 9.17) is 18.6 Å². The molecule has 0 fully saturated rings. The molecule has 1 aromatic heterocycles. The van der Waals surface area contributed by atoms with E-state index in [1.165, 1.54) is 7.11 Å². The highest BCUT2D eigenvalue weighted by atomic mass is 16.5. The number of para-hydroxylation sites is 1. The maximum absolute atomic E-state index is 13.5. The molecule has 1 amide bonds. The molecule has 0 aliphatic heterocycles. The summed E-state index contributed by atoms with van der Waals surface area (Å²) in [5.41, 5.74) is 3.03. The first kappa shape index (κ1) is 22.9. The lowest BCUT2D eigenvalue weighted by atomic mass is 10.0. The van der Waals surface area contributed by atoms with Crippen LogP contribution in [0.15, 0.2) is 69.9 Å². The zero-order valence-electron chi connectivity index (χ0n) is 19.4. The van der Waals surface area contributed by atoms with Crippen LogP contribution in [0.4, 0.5) is 5.69 Å². The average Bonchev–Trinajstić information content (AvgIpc) is 2.84. The van der Waals surface area contributed by atoms with Gasteiger partial charge in [-0.05, 0) is 61.4 Å². The maximum atomic E-state index is 13.5. The SMILES string of the molecule is COc1ccc(-c2oc3c(C)cc(C)cc3c(=O)c2OCC(=O)Nc2ccccc2)cc1OC. The lowest BCUT2D eigenvalue weighted by Gasteiger charge is -2.14. The highest BCUT2D eigenvalue weighted by Gasteiger charge is 2.21. The van der Waals surface area contributed by atoms with Crippen molar-refractivity contribution in [2.24, 2.45) is 0 Å². The standard InChI is InChI=1S/C27H25NO6/c1-16-12-17(2)25-20(13-16)24(30)27(33-15-23(29)28-19-8-6-5-7-9-19)26(34-25)18-10-11-21(31-3)22(14-18)32-4/h5-14H,15H2,1-4H3,(H,28,29). The lowest BCUT2D eigenvalue weighted by molar-refractivity contribution is -0.118. The Bertz CT molecular complexity index is 1410. The van der Waals surface area contributed by atoms with Crippen LogP contribution in [-0.4, -0.2) is 26.7 Å². The van der Waals surface area contributed by atoms with Gasteiger partial charge in [-0.25, -0.2) is 0 Å². The van der Waals surface area contributed by atoms with Crippen molar-refractivity contribution in [3.63, 3.8) is 0 Å². The molecule has 3 aromatic carbocycles. The molecular formula is C27H25NO6. The van der Waals surface area contributed by atoms with Gasteiger partial charge < -0.3 is 23.9 Å². The lowest BCUT2D eigenvalue weighted by Crippen LogP contribution is -2.22. The van der Waals surface area contributed by atoms with Crippen molar-refractivity contribution >= 4 is 22.6 Å². The third-order valence-corrected chi connectivity index (χ3v) is 5.33. The maximum Gasteiger partial charge on any atom is 0.262 e. The molecule has 7 nitrogen and oxygen atoms in total. The molecule has 7 heteroatoms. The van der Waals surface area contributed by atoms with Crippen molar-refractivity contribution < 1.29 is 23.4 Å². The van der Waals surface area contributed by atoms with Crippen molar-refractivity contribution in [3.8, 4) is 28.6 Å². The summed E-state index contributed by atoms with van der Waals surface area (Å²) in [5.74, 6) is 0.761. The fourth-order valence-electron chi connectivity index (χ4n) is 3.79. The fourth-order valence-corrected chi connectivity index (χ4v) is 3.79. The Balaban J connectivity index is 1.79. The Kier molecular flexibility index (Phi) is 6.54. The molecule has 4 rings (SSSR count). The molecule has 1 heterocycles. The predicted molar refractivity (Wildman–Crippen MR) is 131 cm³/mol. The zero-order chi connectivity index (χ0) is 24.2. The number of carbonyl (C=O) groups is 1. The first-order chi connectivity index (χ1) is 16.4. The number of amides is 1. The molecule has 0 aliphatic rings. The summed E-state index contributed by atoms with van der Waals surface area (Å²) in [5, 5.41) is 3.14. The molecule has 34 heavy (non-hydrogen) atoms. The molecule has 0 radical (unpaired) electrons. The summed E-state index contributed by atoms with van der Waals surface area (Å²) in [7, 11) is 3.07. The van der Waals surface area contributed by atoms with Crippen LogP contribution in [0.2, 0.25) is 0 Å².